The number of rotatable bonds is 10. The van der Waals surface area contributed by atoms with Gasteiger partial charge in [0, 0.05) is 51.0 Å². The normalized spacial score (nSPS) is 14.9. The number of anilines is 1. The number of benzene rings is 1. The van der Waals surface area contributed by atoms with E-state index < -0.39 is 0 Å². The predicted molar refractivity (Wildman–Crippen MR) is 140 cm³/mol. The van der Waals surface area contributed by atoms with Crippen LogP contribution >= 0.6 is 0 Å². The zero-order chi connectivity index (χ0) is 24.8. The maximum Gasteiger partial charge on any atom is 0.137 e. The van der Waals surface area contributed by atoms with Gasteiger partial charge in [0.15, 0.2) is 0 Å². The number of pyridine rings is 1. The van der Waals surface area contributed by atoms with Crippen LogP contribution < -0.4 is 4.90 Å². The lowest BCUT2D eigenvalue weighted by Crippen LogP contribution is -2.45. The van der Waals surface area contributed by atoms with Crippen LogP contribution in [0.2, 0.25) is 0 Å². The molecule has 1 aliphatic rings. The Labute approximate surface area is 209 Å². The monoisotopic (exact) mass is 478 g/mol. The second-order valence-corrected chi connectivity index (χ2v) is 10.00. The summed E-state index contributed by atoms with van der Waals surface area (Å²) in [5.41, 5.74) is 4.38. The molecule has 1 aliphatic heterocycles. The topological polar surface area (TPSA) is 40.4 Å². The van der Waals surface area contributed by atoms with Crippen molar-refractivity contribution in [2.45, 2.75) is 46.7 Å². The van der Waals surface area contributed by atoms with Gasteiger partial charge in [-0.2, -0.15) is 5.10 Å². The number of piperazine rings is 1. The first kappa shape index (κ1) is 25.3. The first-order valence-electron chi connectivity index (χ1n) is 12.9. The van der Waals surface area contributed by atoms with Gasteiger partial charge in [0.2, 0.25) is 0 Å². The van der Waals surface area contributed by atoms with Crippen molar-refractivity contribution in [1.29, 1.82) is 0 Å². The average molecular weight is 479 g/mol. The number of hydrogen-bond donors (Lipinski definition) is 0. The van der Waals surface area contributed by atoms with E-state index in [9.17, 15) is 4.39 Å². The van der Waals surface area contributed by atoms with Crippen molar-refractivity contribution >= 4 is 5.82 Å². The number of aryl methyl sites for hydroxylation is 1. The largest absolute Gasteiger partial charge is 0.354 e. The van der Waals surface area contributed by atoms with Crippen molar-refractivity contribution in [3.63, 3.8) is 0 Å². The third kappa shape index (κ3) is 6.47. The summed E-state index contributed by atoms with van der Waals surface area (Å²) in [6.07, 6.45) is 3.85. The minimum atomic E-state index is -0.229. The van der Waals surface area contributed by atoms with Crippen LogP contribution in [-0.2, 0) is 19.5 Å². The fourth-order valence-electron chi connectivity index (χ4n) is 4.64. The fourth-order valence-corrected chi connectivity index (χ4v) is 4.64. The number of likely N-dealkylation sites (N-methyl/N-ethyl adjacent to an activating group) is 1. The molecule has 188 valence electrons. The smallest absolute Gasteiger partial charge is 0.137 e. The van der Waals surface area contributed by atoms with Crippen LogP contribution in [0.3, 0.4) is 0 Å². The van der Waals surface area contributed by atoms with E-state index >= 15 is 0 Å². The molecular weight excluding hydrogens is 439 g/mol. The molecule has 0 radical (unpaired) electrons. The van der Waals surface area contributed by atoms with E-state index in [0.717, 1.165) is 81.5 Å². The van der Waals surface area contributed by atoms with Crippen LogP contribution in [0, 0.1) is 11.7 Å². The van der Waals surface area contributed by atoms with Crippen molar-refractivity contribution in [3.05, 3.63) is 71.4 Å². The lowest BCUT2D eigenvalue weighted by molar-refractivity contribution is 0.237. The Bertz CT molecular complexity index is 1060. The average Bonchev–Trinajstić information content (AvgIpc) is 3.22. The van der Waals surface area contributed by atoms with Crippen LogP contribution in [0.15, 0.2) is 48.7 Å². The summed E-state index contributed by atoms with van der Waals surface area (Å²) in [5, 5.41) is 5.07. The number of aromatic nitrogens is 3. The molecule has 1 fully saturated rings. The lowest BCUT2D eigenvalue weighted by atomic mass is 10.1. The molecule has 6 nitrogen and oxygen atoms in total. The Morgan fingerprint density at radius 1 is 1.00 bits per heavy atom. The molecule has 1 saturated heterocycles. The van der Waals surface area contributed by atoms with E-state index in [1.807, 2.05) is 29.1 Å². The molecule has 0 saturated carbocycles. The third-order valence-electron chi connectivity index (χ3n) is 6.76. The molecule has 0 aliphatic carbocycles. The molecule has 35 heavy (non-hydrogen) atoms. The molecule has 0 unspecified atom stereocenters. The minimum Gasteiger partial charge on any atom is -0.354 e. The zero-order valence-electron chi connectivity index (χ0n) is 21.6. The highest BCUT2D eigenvalue weighted by Gasteiger charge is 2.27. The van der Waals surface area contributed by atoms with Crippen LogP contribution in [0.4, 0.5) is 10.2 Å². The highest BCUT2D eigenvalue weighted by molar-refractivity contribution is 5.56. The summed E-state index contributed by atoms with van der Waals surface area (Å²) in [5.74, 6) is 1.55. The van der Waals surface area contributed by atoms with Gasteiger partial charge >= 0.3 is 0 Å². The predicted octanol–water partition coefficient (Wildman–Crippen LogP) is 4.77. The van der Waals surface area contributed by atoms with Gasteiger partial charge in [0.25, 0.3) is 0 Å². The van der Waals surface area contributed by atoms with Crippen LogP contribution in [0.1, 0.15) is 44.1 Å². The second-order valence-electron chi connectivity index (χ2n) is 10.00. The van der Waals surface area contributed by atoms with Gasteiger partial charge in [-0.15, -0.1) is 0 Å². The maximum atomic E-state index is 13.7. The summed E-state index contributed by atoms with van der Waals surface area (Å²) in [7, 11) is 2.17. The molecule has 0 atom stereocenters. The van der Waals surface area contributed by atoms with Crippen LogP contribution in [0.25, 0.3) is 5.69 Å². The van der Waals surface area contributed by atoms with Crippen molar-refractivity contribution in [2.75, 3.05) is 44.7 Å². The van der Waals surface area contributed by atoms with Gasteiger partial charge in [-0.1, -0.05) is 26.8 Å². The van der Waals surface area contributed by atoms with Crippen molar-refractivity contribution < 1.29 is 4.39 Å². The molecule has 1 aromatic carbocycles. The molecule has 4 rings (SSSR count). The zero-order valence-corrected chi connectivity index (χ0v) is 21.6. The summed E-state index contributed by atoms with van der Waals surface area (Å²) in [4.78, 5) is 11.9. The second kappa shape index (κ2) is 11.8. The molecule has 0 amide bonds. The Morgan fingerprint density at radius 3 is 2.37 bits per heavy atom. The molecule has 2 aromatic heterocycles. The molecule has 0 bridgehead atoms. The van der Waals surface area contributed by atoms with Gasteiger partial charge in [0.05, 0.1) is 17.1 Å². The lowest BCUT2D eigenvalue weighted by Gasteiger charge is -2.35. The highest BCUT2D eigenvalue weighted by atomic mass is 19.1. The minimum absolute atomic E-state index is 0.229. The molecule has 0 N–H and O–H groups in total. The van der Waals surface area contributed by atoms with Gasteiger partial charge < -0.3 is 9.80 Å². The Hall–Kier alpha value is -2.77. The van der Waals surface area contributed by atoms with E-state index in [2.05, 4.69) is 59.6 Å². The molecule has 0 spiro atoms. The van der Waals surface area contributed by atoms with E-state index in [1.54, 1.807) is 0 Å². The summed E-state index contributed by atoms with van der Waals surface area (Å²) in [6.45, 7) is 13.3. The summed E-state index contributed by atoms with van der Waals surface area (Å²) in [6, 6.07) is 12.8. The van der Waals surface area contributed by atoms with E-state index in [1.165, 1.54) is 17.7 Å². The molecule has 7 heteroatoms. The Balaban J connectivity index is 1.73. The summed E-state index contributed by atoms with van der Waals surface area (Å²) < 4.78 is 15.8. The number of hydrogen-bond acceptors (Lipinski definition) is 5. The van der Waals surface area contributed by atoms with E-state index in [0.29, 0.717) is 5.92 Å². The van der Waals surface area contributed by atoms with Gasteiger partial charge in [-0.25, -0.2) is 9.07 Å². The third-order valence-corrected chi connectivity index (χ3v) is 6.76. The molecule has 3 heterocycles. The maximum absolute atomic E-state index is 13.7. The van der Waals surface area contributed by atoms with Crippen molar-refractivity contribution in [3.8, 4) is 5.69 Å². The van der Waals surface area contributed by atoms with Crippen molar-refractivity contribution in [1.82, 2.24) is 24.6 Å². The quantitative estimate of drug-likeness (QED) is 0.420. The summed E-state index contributed by atoms with van der Waals surface area (Å²) >= 11 is 0. The Kier molecular flexibility index (Phi) is 8.52. The molecular formula is C28H39FN6. The van der Waals surface area contributed by atoms with E-state index in [-0.39, 0.29) is 5.82 Å². The van der Waals surface area contributed by atoms with Crippen LogP contribution in [0.5, 0.6) is 0 Å². The first-order chi connectivity index (χ1) is 16.9. The van der Waals surface area contributed by atoms with Gasteiger partial charge in [0.1, 0.15) is 11.6 Å². The highest BCUT2D eigenvalue weighted by Crippen LogP contribution is 2.31. The first-order valence-corrected chi connectivity index (χ1v) is 12.9. The fraction of sp³-hybridized carbons (Fsp3) is 0.500. The molecule has 3 aromatic rings. The van der Waals surface area contributed by atoms with E-state index in [4.69, 9.17) is 5.10 Å². The standard InChI is InChI=1S/C28H39FN6/c1-5-27-26(21-33(15-13-22(2)3)20-24-8-6-7-14-30-24)28(34-18-16-32(4)17-19-34)35(31-27)25-11-9-23(29)10-12-25/h6-12,14,22H,5,13,15-21H2,1-4H3. The van der Waals surface area contributed by atoms with Crippen molar-refractivity contribution in [2.24, 2.45) is 5.92 Å². The SMILES string of the molecule is CCc1nn(-c2ccc(F)cc2)c(N2CCN(C)CC2)c1CN(CCC(C)C)Cc1ccccn1. The van der Waals surface area contributed by atoms with Gasteiger partial charge in [-0.3, -0.25) is 9.88 Å². The van der Waals surface area contributed by atoms with Gasteiger partial charge in [-0.05, 0) is 68.8 Å². The Morgan fingerprint density at radius 2 is 1.74 bits per heavy atom. The number of halogens is 1. The van der Waals surface area contributed by atoms with Crippen LogP contribution in [-0.4, -0.2) is 64.3 Å². The number of nitrogens with zero attached hydrogens (tertiary/aromatic N) is 6.